The fourth-order valence-electron chi connectivity index (χ4n) is 2.98. The van der Waals surface area contributed by atoms with Crippen molar-refractivity contribution in [3.8, 4) is 0 Å². The van der Waals surface area contributed by atoms with Gasteiger partial charge in [-0.15, -0.1) is 10.2 Å². The average Bonchev–Trinajstić information content (AvgIpc) is 3.13. The second kappa shape index (κ2) is 10.2. The van der Waals surface area contributed by atoms with Gasteiger partial charge >= 0.3 is 0 Å². The zero-order valence-corrected chi connectivity index (χ0v) is 18.3. The summed E-state index contributed by atoms with van der Waals surface area (Å²) in [5.74, 6) is -0.734. The summed E-state index contributed by atoms with van der Waals surface area (Å²) >= 11 is 1.30. The van der Waals surface area contributed by atoms with Gasteiger partial charge < -0.3 is 15.2 Å². The van der Waals surface area contributed by atoms with Crippen molar-refractivity contribution in [2.24, 2.45) is 7.05 Å². The molecule has 0 saturated carbocycles. The molecule has 3 rings (SSSR count). The third-order valence-electron chi connectivity index (χ3n) is 4.67. The number of hydrogen-bond acceptors (Lipinski definition) is 5. The van der Waals surface area contributed by atoms with Gasteiger partial charge in [0, 0.05) is 12.7 Å². The van der Waals surface area contributed by atoms with Crippen molar-refractivity contribution in [1.82, 2.24) is 20.1 Å². The van der Waals surface area contributed by atoms with Gasteiger partial charge in [-0.25, -0.2) is 4.39 Å². The SMILES string of the molecule is CCC(Sc1nnc(C(C)NC(=O)c2ccccc2F)n1C)C(=O)Nc1ccccc1. The Morgan fingerprint density at radius 2 is 1.77 bits per heavy atom. The molecule has 0 spiro atoms. The van der Waals surface area contributed by atoms with Gasteiger partial charge in [-0.2, -0.15) is 0 Å². The molecule has 2 atom stereocenters. The molecule has 1 aromatic heterocycles. The lowest BCUT2D eigenvalue weighted by molar-refractivity contribution is -0.115. The molecule has 0 aliphatic rings. The molecule has 31 heavy (non-hydrogen) atoms. The Balaban J connectivity index is 1.67. The largest absolute Gasteiger partial charge is 0.342 e. The molecule has 0 fully saturated rings. The van der Waals surface area contributed by atoms with Crippen LogP contribution in [0.2, 0.25) is 0 Å². The lowest BCUT2D eigenvalue weighted by Gasteiger charge is -2.16. The molecule has 162 valence electrons. The van der Waals surface area contributed by atoms with E-state index in [0.717, 1.165) is 5.69 Å². The second-order valence-electron chi connectivity index (χ2n) is 6.94. The summed E-state index contributed by atoms with van der Waals surface area (Å²) in [4.78, 5) is 25.0. The van der Waals surface area contributed by atoms with Gasteiger partial charge in [0.2, 0.25) is 5.91 Å². The summed E-state index contributed by atoms with van der Waals surface area (Å²) in [5.41, 5.74) is 0.699. The van der Waals surface area contributed by atoms with Crippen molar-refractivity contribution in [3.05, 3.63) is 71.8 Å². The number of thioether (sulfide) groups is 1. The van der Waals surface area contributed by atoms with Crippen LogP contribution in [0.15, 0.2) is 59.8 Å². The summed E-state index contributed by atoms with van der Waals surface area (Å²) < 4.78 is 15.6. The number of rotatable bonds is 8. The van der Waals surface area contributed by atoms with E-state index in [1.807, 2.05) is 37.3 Å². The molecule has 2 aromatic carbocycles. The molecule has 0 radical (unpaired) electrons. The Morgan fingerprint density at radius 1 is 1.10 bits per heavy atom. The molecular weight excluding hydrogens is 417 g/mol. The summed E-state index contributed by atoms with van der Waals surface area (Å²) in [6.45, 7) is 3.67. The number of aromatic nitrogens is 3. The number of carbonyl (C=O) groups is 2. The highest BCUT2D eigenvalue weighted by Gasteiger charge is 2.24. The van der Waals surface area contributed by atoms with Crippen molar-refractivity contribution in [3.63, 3.8) is 0 Å². The van der Waals surface area contributed by atoms with E-state index < -0.39 is 17.8 Å². The van der Waals surface area contributed by atoms with Crippen LogP contribution < -0.4 is 10.6 Å². The summed E-state index contributed by atoms with van der Waals surface area (Å²) in [6, 6.07) is 14.5. The molecule has 1 heterocycles. The first-order valence-corrected chi connectivity index (χ1v) is 10.8. The van der Waals surface area contributed by atoms with Gasteiger partial charge in [0.25, 0.3) is 5.91 Å². The van der Waals surface area contributed by atoms with Gasteiger partial charge in [0.05, 0.1) is 16.9 Å². The van der Waals surface area contributed by atoms with Crippen LogP contribution in [0.4, 0.5) is 10.1 Å². The molecule has 0 saturated heterocycles. The molecule has 7 nitrogen and oxygen atoms in total. The van der Waals surface area contributed by atoms with Crippen molar-refractivity contribution in [1.29, 1.82) is 0 Å². The van der Waals surface area contributed by atoms with Crippen LogP contribution in [0.5, 0.6) is 0 Å². The quantitative estimate of drug-likeness (QED) is 0.517. The Labute approximate surface area is 184 Å². The Bertz CT molecular complexity index is 1060. The molecule has 2 N–H and O–H groups in total. The number of nitrogens with one attached hydrogen (secondary N) is 2. The third kappa shape index (κ3) is 5.49. The monoisotopic (exact) mass is 441 g/mol. The number of anilines is 1. The molecule has 0 aliphatic carbocycles. The fourth-order valence-corrected chi connectivity index (χ4v) is 3.91. The number of para-hydroxylation sites is 1. The van der Waals surface area contributed by atoms with Crippen LogP contribution in [0.25, 0.3) is 0 Å². The van der Waals surface area contributed by atoms with Gasteiger partial charge in [-0.05, 0) is 37.6 Å². The number of amides is 2. The molecule has 2 unspecified atom stereocenters. The molecule has 0 bridgehead atoms. The number of halogens is 1. The standard InChI is InChI=1S/C22H24FN5O2S/c1-4-18(21(30)25-15-10-6-5-7-11-15)31-22-27-26-19(28(22)3)14(2)24-20(29)16-12-8-9-13-17(16)23/h5-14,18H,4H2,1-3H3,(H,24,29)(H,25,30). The van der Waals surface area contributed by atoms with E-state index in [-0.39, 0.29) is 16.7 Å². The van der Waals surface area contributed by atoms with Crippen LogP contribution in [-0.4, -0.2) is 31.8 Å². The smallest absolute Gasteiger partial charge is 0.254 e. The van der Waals surface area contributed by atoms with Crippen LogP contribution >= 0.6 is 11.8 Å². The lowest BCUT2D eigenvalue weighted by atomic mass is 10.2. The predicted molar refractivity (Wildman–Crippen MR) is 118 cm³/mol. The molecule has 3 aromatic rings. The predicted octanol–water partition coefficient (Wildman–Crippen LogP) is 3.95. The van der Waals surface area contributed by atoms with Gasteiger partial charge in [-0.3, -0.25) is 9.59 Å². The second-order valence-corrected chi connectivity index (χ2v) is 8.11. The normalized spacial score (nSPS) is 12.8. The van der Waals surface area contributed by atoms with Crippen molar-refractivity contribution >= 4 is 29.3 Å². The first-order chi connectivity index (χ1) is 14.9. The number of carbonyl (C=O) groups excluding carboxylic acids is 2. The van der Waals surface area contributed by atoms with Gasteiger partial charge in [-0.1, -0.05) is 49.0 Å². The molecule has 0 aliphatic heterocycles. The molecular formula is C22H24FN5O2S. The number of nitrogens with zero attached hydrogens (tertiary/aromatic N) is 3. The van der Waals surface area contributed by atoms with E-state index in [1.54, 1.807) is 24.6 Å². The first-order valence-electron chi connectivity index (χ1n) is 9.88. The average molecular weight is 442 g/mol. The fraction of sp³-hybridized carbons (Fsp3) is 0.273. The minimum atomic E-state index is -0.586. The minimum Gasteiger partial charge on any atom is -0.342 e. The van der Waals surface area contributed by atoms with Crippen LogP contribution in [0.3, 0.4) is 0 Å². The maximum atomic E-state index is 13.9. The number of hydrogen-bond donors (Lipinski definition) is 2. The first kappa shape index (κ1) is 22.5. The highest BCUT2D eigenvalue weighted by Crippen LogP contribution is 2.26. The molecule has 9 heteroatoms. The van der Waals surface area contributed by atoms with E-state index in [9.17, 15) is 14.0 Å². The Morgan fingerprint density at radius 3 is 2.45 bits per heavy atom. The summed E-state index contributed by atoms with van der Waals surface area (Å²) in [7, 11) is 1.77. The van der Waals surface area contributed by atoms with E-state index in [4.69, 9.17) is 0 Å². The van der Waals surface area contributed by atoms with Crippen molar-refractivity contribution < 1.29 is 14.0 Å². The van der Waals surface area contributed by atoms with Crippen LogP contribution in [-0.2, 0) is 11.8 Å². The van der Waals surface area contributed by atoms with E-state index in [1.165, 1.54) is 30.0 Å². The van der Waals surface area contributed by atoms with Crippen molar-refractivity contribution in [2.45, 2.75) is 36.7 Å². The third-order valence-corrected chi connectivity index (χ3v) is 6.07. The van der Waals surface area contributed by atoms with E-state index in [0.29, 0.717) is 17.4 Å². The minimum absolute atomic E-state index is 0.0326. The van der Waals surface area contributed by atoms with Gasteiger partial charge in [0.1, 0.15) is 5.82 Å². The van der Waals surface area contributed by atoms with E-state index >= 15 is 0 Å². The maximum Gasteiger partial charge on any atom is 0.254 e. The van der Waals surface area contributed by atoms with Gasteiger partial charge in [0.15, 0.2) is 11.0 Å². The van der Waals surface area contributed by atoms with Crippen LogP contribution in [0, 0.1) is 5.82 Å². The van der Waals surface area contributed by atoms with Crippen LogP contribution in [0.1, 0.15) is 42.5 Å². The molecule has 2 amide bonds. The van der Waals surface area contributed by atoms with E-state index in [2.05, 4.69) is 20.8 Å². The Kier molecular flexibility index (Phi) is 7.41. The highest BCUT2D eigenvalue weighted by atomic mass is 32.2. The summed E-state index contributed by atoms with van der Waals surface area (Å²) in [6.07, 6.45) is 0.602. The lowest BCUT2D eigenvalue weighted by Crippen LogP contribution is -2.29. The summed E-state index contributed by atoms with van der Waals surface area (Å²) in [5, 5.41) is 14.2. The maximum absolute atomic E-state index is 13.9. The topological polar surface area (TPSA) is 88.9 Å². The highest BCUT2D eigenvalue weighted by molar-refractivity contribution is 8.00. The zero-order chi connectivity index (χ0) is 22.4. The van der Waals surface area contributed by atoms with Crippen molar-refractivity contribution in [2.75, 3.05) is 5.32 Å². The zero-order valence-electron chi connectivity index (χ0n) is 17.5. The Hall–Kier alpha value is -3.20. The number of benzene rings is 2.